The molecule has 9 heavy (non-hydrogen) atoms. The fourth-order valence-corrected chi connectivity index (χ4v) is 1.31. The number of hydrogen-bond acceptors (Lipinski definition) is 3. The van der Waals surface area contributed by atoms with Crippen molar-refractivity contribution < 1.29 is 8.42 Å². The first-order valence-electron chi connectivity index (χ1n) is 2.38. The van der Waals surface area contributed by atoms with Crippen LogP contribution in [0, 0.1) is 0 Å². The lowest BCUT2D eigenvalue weighted by Gasteiger charge is -2.26. The Morgan fingerprint density at radius 1 is 1.33 bits per heavy atom. The van der Waals surface area contributed by atoms with Gasteiger partial charge in [0.15, 0.2) is 0 Å². The van der Waals surface area contributed by atoms with Gasteiger partial charge in [-0.25, -0.2) is 5.14 Å². The Balaban J connectivity index is 0.000000640. The summed E-state index contributed by atoms with van der Waals surface area (Å²) in [6.45, 7) is 1.19. The third-order valence-corrected chi connectivity index (χ3v) is 2.26. The van der Waals surface area contributed by atoms with Crippen LogP contribution in [0.2, 0.25) is 0 Å². The first kappa shape index (κ1) is 8.83. The molecule has 0 aromatic rings. The third kappa shape index (κ3) is 1.90. The maximum absolute atomic E-state index is 10.3. The summed E-state index contributed by atoms with van der Waals surface area (Å²) in [5.41, 5.74) is 0. The monoisotopic (exact) mass is 153 g/mol. The Labute approximate surface area is 54.6 Å². The summed E-state index contributed by atoms with van der Waals surface area (Å²) in [5, 5.41) is 4.74. The maximum atomic E-state index is 10.3. The van der Waals surface area contributed by atoms with Crippen molar-refractivity contribution in [2.24, 2.45) is 5.14 Å². The molecule has 0 aromatic carbocycles. The van der Waals surface area contributed by atoms with Gasteiger partial charge in [0.25, 0.3) is 10.2 Å². The predicted octanol–water partition coefficient (Wildman–Crippen LogP) is -0.942. The summed E-state index contributed by atoms with van der Waals surface area (Å²) in [5.74, 6) is 0. The van der Waals surface area contributed by atoms with Crippen LogP contribution in [0.5, 0.6) is 0 Å². The highest BCUT2D eigenvalue weighted by atomic mass is 32.2. The molecule has 0 aromatic heterocycles. The molecule has 1 heterocycles. The quantitative estimate of drug-likeness (QED) is 0.508. The van der Waals surface area contributed by atoms with Gasteiger partial charge >= 0.3 is 0 Å². The first-order chi connectivity index (χ1) is 3.61. The lowest BCUT2D eigenvalue weighted by molar-refractivity contribution is 0.310. The van der Waals surface area contributed by atoms with Crippen molar-refractivity contribution >= 4 is 10.2 Å². The van der Waals surface area contributed by atoms with E-state index in [-0.39, 0.29) is 6.15 Å². The Morgan fingerprint density at radius 2 is 1.78 bits per heavy atom. The molecule has 0 unspecified atom stereocenters. The standard InChI is InChI=1S/C3H8N2O2S.H3N/c4-8(6,7)5-2-1-3-5;/h1-3H2,(H2,4,6,7);1H3. The minimum atomic E-state index is -3.33. The minimum absolute atomic E-state index is 0. The van der Waals surface area contributed by atoms with E-state index in [1.54, 1.807) is 0 Å². The van der Waals surface area contributed by atoms with E-state index >= 15 is 0 Å². The number of nitrogens with zero attached hydrogens (tertiary/aromatic N) is 1. The second-order valence-electron chi connectivity index (χ2n) is 1.80. The van der Waals surface area contributed by atoms with E-state index in [0.29, 0.717) is 13.1 Å². The van der Waals surface area contributed by atoms with E-state index in [1.165, 1.54) is 4.31 Å². The van der Waals surface area contributed by atoms with Crippen LogP contribution < -0.4 is 11.3 Å². The van der Waals surface area contributed by atoms with Crippen LogP contribution in [0.15, 0.2) is 0 Å². The molecule has 0 radical (unpaired) electrons. The number of hydrogen-bond donors (Lipinski definition) is 2. The largest absolute Gasteiger partial charge is 0.344 e. The van der Waals surface area contributed by atoms with Crippen LogP contribution in [0.25, 0.3) is 0 Å². The average molecular weight is 153 g/mol. The second-order valence-corrected chi connectivity index (χ2v) is 3.34. The van der Waals surface area contributed by atoms with Gasteiger partial charge in [-0.2, -0.15) is 12.7 Å². The van der Waals surface area contributed by atoms with E-state index < -0.39 is 10.2 Å². The SMILES string of the molecule is N.NS(=O)(=O)N1CCC1. The molecule has 0 aliphatic carbocycles. The van der Waals surface area contributed by atoms with Gasteiger partial charge in [-0.15, -0.1) is 0 Å². The van der Waals surface area contributed by atoms with Crippen molar-refractivity contribution in [1.29, 1.82) is 0 Å². The predicted molar refractivity (Wildman–Crippen MR) is 34.3 cm³/mol. The molecule has 1 rings (SSSR count). The normalized spacial score (nSPS) is 20.1. The lowest BCUT2D eigenvalue weighted by Crippen LogP contribution is -2.45. The van der Waals surface area contributed by atoms with Crippen molar-refractivity contribution in [1.82, 2.24) is 10.5 Å². The Bertz CT molecular complexity index is 171. The van der Waals surface area contributed by atoms with Gasteiger partial charge in [-0.1, -0.05) is 0 Å². The van der Waals surface area contributed by atoms with Crippen molar-refractivity contribution in [3.8, 4) is 0 Å². The molecule has 56 valence electrons. The van der Waals surface area contributed by atoms with Crippen molar-refractivity contribution in [2.75, 3.05) is 13.1 Å². The van der Waals surface area contributed by atoms with Crippen LogP contribution in [0.3, 0.4) is 0 Å². The van der Waals surface area contributed by atoms with E-state index in [0.717, 1.165) is 6.42 Å². The summed E-state index contributed by atoms with van der Waals surface area (Å²) in [6.07, 6.45) is 0.941. The number of nitrogens with two attached hydrogens (primary N) is 1. The summed E-state index contributed by atoms with van der Waals surface area (Å²) in [6, 6.07) is 0. The zero-order valence-electron chi connectivity index (χ0n) is 5.08. The van der Waals surface area contributed by atoms with Gasteiger partial charge in [0, 0.05) is 13.1 Å². The summed E-state index contributed by atoms with van der Waals surface area (Å²) in [4.78, 5) is 0. The first-order valence-corrected chi connectivity index (χ1v) is 3.89. The number of rotatable bonds is 1. The van der Waals surface area contributed by atoms with E-state index in [4.69, 9.17) is 5.14 Å². The Hall–Kier alpha value is -0.170. The smallest absolute Gasteiger partial charge is 0.276 e. The summed E-state index contributed by atoms with van der Waals surface area (Å²) < 4.78 is 21.9. The van der Waals surface area contributed by atoms with Gasteiger partial charge in [0.2, 0.25) is 0 Å². The van der Waals surface area contributed by atoms with E-state index in [1.807, 2.05) is 0 Å². The second kappa shape index (κ2) is 2.61. The van der Waals surface area contributed by atoms with Crippen LogP contribution in [-0.4, -0.2) is 25.8 Å². The van der Waals surface area contributed by atoms with Gasteiger partial charge < -0.3 is 6.15 Å². The van der Waals surface area contributed by atoms with E-state index in [2.05, 4.69) is 0 Å². The molecule has 1 saturated heterocycles. The molecule has 0 bridgehead atoms. The van der Waals surface area contributed by atoms with Gasteiger partial charge in [0.05, 0.1) is 0 Å². The van der Waals surface area contributed by atoms with E-state index in [9.17, 15) is 8.42 Å². The lowest BCUT2D eigenvalue weighted by atomic mass is 10.3. The van der Waals surface area contributed by atoms with Gasteiger partial charge in [-0.3, -0.25) is 0 Å². The maximum Gasteiger partial charge on any atom is 0.276 e. The zero-order chi connectivity index (χ0) is 6.20. The van der Waals surface area contributed by atoms with Crippen LogP contribution in [0.4, 0.5) is 0 Å². The molecule has 5 N–H and O–H groups in total. The molecule has 0 atom stereocenters. The summed E-state index contributed by atoms with van der Waals surface area (Å²) in [7, 11) is -3.33. The van der Waals surface area contributed by atoms with Gasteiger partial charge in [0.1, 0.15) is 0 Å². The molecule has 5 nitrogen and oxygen atoms in total. The van der Waals surface area contributed by atoms with Gasteiger partial charge in [-0.05, 0) is 6.42 Å². The average Bonchev–Trinajstić information content (AvgIpc) is 1.16. The molecule has 0 saturated carbocycles. The summed E-state index contributed by atoms with van der Waals surface area (Å²) >= 11 is 0. The Kier molecular flexibility index (Phi) is 2.56. The molecule has 1 fully saturated rings. The van der Waals surface area contributed by atoms with Crippen LogP contribution >= 0.6 is 0 Å². The molecule has 0 spiro atoms. The molecule has 6 heteroatoms. The highest BCUT2D eigenvalue weighted by molar-refractivity contribution is 7.86. The third-order valence-electron chi connectivity index (χ3n) is 1.17. The van der Waals surface area contributed by atoms with Crippen molar-refractivity contribution in [3.63, 3.8) is 0 Å². The molecule has 0 amide bonds. The molecular formula is C3H11N3O2S. The fourth-order valence-electron chi connectivity index (χ4n) is 0.542. The van der Waals surface area contributed by atoms with Crippen LogP contribution in [-0.2, 0) is 10.2 Å². The van der Waals surface area contributed by atoms with Crippen molar-refractivity contribution in [2.45, 2.75) is 6.42 Å². The highest BCUT2D eigenvalue weighted by Gasteiger charge is 2.23. The highest BCUT2D eigenvalue weighted by Crippen LogP contribution is 2.07. The molecule has 1 aliphatic heterocycles. The fraction of sp³-hybridized carbons (Fsp3) is 1.00. The molecule has 1 aliphatic rings. The molecular weight excluding hydrogens is 142 g/mol. The van der Waals surface area contributed by atoms with Crippen molar-refractivity contribution in [3.05, 3.63) is 0 Å². The van der Waals surface area contributed by atoms with Crippen LogP contribution in [0.1, 0.15) is 6.42 Å². The zero-order valence-corrected chi connectivity index (χ0v) is 5.89. The minimum Gasteiger partial charge on any atom is -0.344 e. The topological polar surface area (TPSA) is 98.4 Å². The Morgan fingerprint density at radius 3 is 1.78 bits per heavy atom.